The van der Waals surface area contributed by atoms with Gasteiger partial charge in [0.1, 0.15) is 0 Å². The van der Waals surface area contributed by atoms with Crippen molar-refractivity contribution in [3.63, 3.8) is 0 Å². The van der Waals surface area contributed by atoms with Gasteiger partial charge in [-0.15, -0.1) is 0 Å². The zero-order chi connectivity index (χ0) is 12.4. The zero-order valence-electron chi connectivity index (χ0n) is 10.6. The minimum atomic E-state index is -0.286. The van der Waals surface area contributed by atoms with Crippen LogP contribution in [0.1, 0.15) is 49.8 Å². The molecule has 1 fully saturated rings. The van der Waals surface area contributed by atoms with Crippen molar-refractivity contribution in [1.82, 2.24) is 0 Å². The van der Waals surface area contributed by atoms with Crippen molar-refractivity contribution in [2.75, 3.05) is 0 Å². The quantitative estimate of drug-likeness (QED) is 0.844. The van der Waals surface area contributed by atoms with Gasteiger partial charge in [-0.05, 0) is 54.9 Å². The van der Waals surface area contributed by atoms with E-state index in [2.05, 4.69) is 41.9 Å². The van der Waals surface area contributed by atoms with E-state index in [9.17, 15) is 5.11 Å². The van der Waals surface area contributed by atoms with Gasteiger partial charge in [0, 0.05) is 4.47 Å². The average molecular weight is 297 g/mol. The Morgan fingerprint density at radius 2 is 2.12 bits per heavy atom. The summed E-state index contributed by atoms with van der Waals surface area (Å²) in [6.07, 6.45) is 4.63. The third-order valence-electron chi connectivity index (χ3n) is 3.97. The van der Waals surface area contributed by atoms with Crippen molar-refractivity contribution in [3.8, 4) is 0 Å². The summed E-state index contributed by atoms with van der Waals surface area (Å²) in [5, 5.41) is 10.5. The van der Waals surface area contributed by atoms with Gasteiger partial charge in [-0.2, -0.15) is 0 Å². The van der Waals surface area contributed by atoms with Crippen molar-refractivity contribution < 1.29 is 5.11 Å². The molecule has 1 aromatic carbocycles. The van der Waals surface area contributed by atoms with Crippen LogP contribution in [0.5, 0.6) is 0 Å². The van der Waals surface area contributed by atoms with Gasteiger partial charge in [0.2, 0.25) is 0 Å². The van der Waals surface area contributed by atoms with Crippen LogP contribution in [0.15, 0.2) is 22.7 Å². The number of aryl methyl sites for hydroxylation is 1. The molecule has 2 heteroatoms. The number of hydrogen-bond acceptors (Lipinski definition) is 1. The summed E-state index contributed by atoms with van der Waals surface area (Å²) in [5.74, 6) is 1.21. The van der Waals surface area contributed by atoms with E-state index < -0.39 is 0 Å². The number of rotatable bonds is 2. The normalized spacial score (nSPS) is 26.8. The highest BCUT2D eigenvalue weighted by Gasteiger charge is 2.27. The second-order valence-corrected chi connectivity index (χ2v) is 6.39. The van der Waals surface area contributed by atoms with Crippen LogP contribution in [-0.4, -0.2) is 5.11 Å². The number of halogens is 1. The third kappa shape index (κ3) is 3.11. The molecule has 17 heavy (non-hydrogen) atoms. The van der Waals surface area contributed by atoms with E-state index in [0.717, 1.165) is 22.4 Å². The Bertz CT molecular complexity index is 389. The van der Waals surface area contributed by atoms with E-state index in [1.165, 1.54) is 24.8 Å². The summed E-state index contributed by atoms with van der Waals surface area (Å²) in [4.78, 5) is 0. The molecule has 3 unspecified atom stereocenters. The molecule has 0 spiro atoms. The Balaban J connectivity index is 2.15. The van der Waals surface area contributed by atoms with Crippen LogP contribution in [-0.2, 0) is 0 Å². The van der Waals surface area contributed by atoms with Crippen LogP contribution >= 0.6 is 15.9 Å². The van der Waals surface area contributed by atoms with Crippen LogP contribution < -0.4 is 0 Å². The van der Waals surface area contributed by atoms with Gasteiger partial charge in [-0.3, -0.25) is 0 Å². The molecule has 1 nitrogen and oxygen atoms in total. The van der Waals surface area contributed by atoms with E-state index in [-0.39, 0.29) is 6.10 Å². The van der Waals surface area contributed by atoms with Crippen LogP contribution in [0.4, 0.5) is 0 Å². The molecular formula is C15H21BrO. The van der Waals surface area contributed by atoms with Crippen molar-refractivity contribution in [2.45, 2.75) is 45.6 Å². The number of aliphatic hydroxyl groups excluding tert-OH is 1. The number of benzene rings is 1. The minimum absolute atomic E-state index is 0.286. The van der Waals surface area contributed by atoms with E-state index in [0.29, 0.717) is 5.92 Å². The summed E-state index contributed by atoms with van der Waals surface area (Å²) in [5.41, 5.74) is 2.29. The summed E-state index contributed by atoms with van der Waals surface area (Å²) in [7, 11) is 0. The fourth-order valence-corrected chi connectivity index (χ4v) is 3.47. The molecule has 0 heterocycles. The van der Waals surface area contributed by atoms with Crippen molar-refractivity contribution >= 4 is 15.9 Å². The first-order valence-corrected chi connectivity index (χ1v) is 7.31. The molecule has 94 valence electrons. The maximum atomic E-state index is 10.5. The second kappa shape index (κ2) is 5.53. The van der Waals surface area contributed by atoms with E-state index in [4.69, 9.17) is 0 Å². The molecule has 3 atom stereocenters. The minimum Gasteiger partial charge on any atom is -0.388 e. The van der Waals surface area contributed by atoms with Gasteiger partial charge in [0.05, 0.1) is 6.10 Å². The highest BCUT2D eigenvalue weighted by molar-refractivity contribution is 9.10. The Morgan fingerprint density at radius 1 is 1.35 bits per heavy atom. The Labute approximate surface area is 112 Å². The molecule has 0 amide bonds. The molecule has 1 aliphatic carbocycles. The van der Waals surface area contributed by atoms with E-state index in [1.807, 2.05) is 6.07 Å². The maximum Gasteiger partial charge on any atom is 0.0820 e. The predicted octanol–water partition coefficient (Wildman–Crippen LogP) is 4.62. The molecule has 2 rings (SSSR count). The van der Waals surface area contributed by atoms with Crippen molar-refractivity contribution in [1.29, 1.82) is 0 Å². The molecule has 1 saturated carbocycles. The molecule has 0 saturated heterocycles. The highest BCUT2D eigenvalue weighted by Crippen LogP contribution is 2.38. The molecule has 0 aliphatic heterocycles. The van der Waals surface area contributed by atoms with Crippen molar-refractivity contribution in [2.24, 2.45) is 11.8 Å². The van der Waals surface area contributed by atoms with E-state index in [1.54, 1.807) is 0 Å². The monoisotopic (exact) mass is 296 g/mol. The van der Waals surface area contributed by atoms with E-state index >= 15 is 0 Å². The van der Waals surface area contributed by atoms with Crippen LogP contribution in [0.2, 0.25) is 0 Å². The van der Waals surface area contributed by atoms with Gasteiger partial charge < -0.3 is 5.11 Å². The predicted molar refractivity (Wildman–Crippen MR) is 75.0 cm³/mol. The molecular weight excluding hydrogens is 276 g/mol. The number of aliphatic hydroxyl groups is 1. The van der Waals surface area contributed by atoms with Gasteiger partial charge in [0.25, 0.3) is 0 Å². The van der Waals surface area contributed by atoms with Gasteiger partial charge >= 0.3 is 0 Å². The topological polar surface area (TPSA) is 20.2 Å². The summed E-state index contributed by atoms with van der Waals surface area (Å²) in [6, 6.07) is 6.17. The SMILES string of the molecule is Cc1cc(Br)ccc1C(O)C1CCCC(C)C1. The lowest BCUT2D eigenvalue weighted by Crippen LogP contribution is -2.20. The van der Waals surface area contributed by atoms with Gasteiger partial charge in [-0.25, -0.2) is 0 Å². The largest absolute Gasteiger partial charge is 0.388 e. The smallest absolute Gasteiger partial charge is 0.0820 e. The fourth-order valence-electron chi connectivity index (χ4n) is 2.99. The molecule has 0 bridgehead atoms. The lowest BCUT2D eigenvalue weighted by Gasteiger charge is -2.31. The molecule has 0 aromatic heterocycles. The molecule has 1 N–H and O–H groups in total. The van der Waals surface area contributed by atoms with Gasteiger partial charge in [-0.1, -0.05) is 41.8 Å². The Kier molecular flexibility index (Phi) is 4.26. The lowest BCUT2D eigenvalue weighted by molar-refractivity contribution is 0.0709. The van der Waals surface area contributed by atoms with Crippen LogP contribution in [0.25, 0.3) is 0 Å². The third-order valence-corrected chi connectivity index (χ3v) is 4.47. The first-order chi connectivity index (χ1) is 8.08. The average Bonchev–Trinajstić information content (AvgIpc) is 2.28. The first-order valence-electron chi connectivity index (χ1n) is 6.52. The van der Waals surface area contributed by atoms with Crippen LogP contribution in [0, 0.1) is 18.8 Å². The zero-order valence-corrected chi connectivity index (χ0v) is 12.2. The second-order valence-electron chi connectivity index (χ2n) is 5.48. The first kappa shape index (κ1) is 13.1. The molecule has 1 aliphatic rings. The lowest BCUT2D eigenvalue weighted by atomic mass is 9.77. The standard InChI is InChI=1S/C15H21BrO/c1-10-4-3-5-12(8-10)15(17)14-7-6-13(16)9-11(14)2/h6-7,9-10,12,15,17H,3-5,8H2,1-2H3. The molecule has 1 aromatic rings. The Morgan fingerprint density at radius 3 is 2.76 bits per heavy atom. The Hall–Kier alpha value is -0.340. The number of hydrogen-bond donors (Lipinski definition) is 1. The van der Waals surface area contributed by atoms with Gasteiger partial charge in [0.15, 0.2) is 0 Å². The summed E-state index contributed by atoms with van der Waals surface area (Å²) >= 11 is 3.47. The fraction of sp³-hybridized carbons (Fsp3) is 0.600. The maximum absolute atomic E-state index is 10.5. The molecule has 0 radical (unpaired) electrons. The summed E-state index contributed by atoms with van der Waals surface area (Å²) < 4.78 is 1.09. The van der Waals surface area contributed by atoms with Crippen LogP contribution in [0.3, 0.4) is 0 Å². The highest BCUT2D eigenvalue weighted by atomic mass is 79.9. The summed E-state index contributed by atoms with van der Waals surface area (Å²) in [6.45, 7) is 4.38. The van der Waals surface area contributed by atoms with Crippen molar-refractivity contribution in [3.05, 3.63) is 33.8 Å².